The van der Waals surface area contributed by atoms with Gasteiger partial charge in [-0.2, -0.15) is 4.31 Å². The molecule has 0 fully saturated rings. The highest BCUT2D eigenvalue weighted by molar-refractivity contribution is 7.89. The summed E-state index contributed by atoms with van der Waals surface area (Å²) in [6, 6.07) is 8.66. The summed E-state index contributed by atoms with van der Waals surface area (Å²) in [5.41, 5.74) is 3.25. The van der Waals surface area contributed by atoms with Gasteiger partial charge in [-0.15, -0.1) is 0 Å². The summed E-state index contributed by atoms with van der Waals surface area (Å²) in [6.07, 6.45) is 5.85. The molecule has 0 unspecified atom stereocenters. The first kappa shape index (κ1) is 23.0. The molecule has 0 bridgehead atoms. The van der Waals surface area contributed by atoms with E-state index in [9.17, 15) is 18.3 Å². The van der Waals surface area contributed by atoms with E-state index in [1.807, 2.05) is 39.0 Å². The fraction of sp³-hybridized carbons (Fsp3) is 0.333. The van der Waals surface area contributed by atoms with E-state index < -0.39 is 16.0 Å². The molecule has 0 spiro atoms. The maximum Gasteiger partial charge on any atom is 0.323 e. The molecule has 3 aromatic rings. The number of aryl methyl sites for hydroxylation is 1. The van der Waals surface area contributed by atoms with Crippen molar-refractivity contribution in [3.8, 4) is 5.75 Å². The number of carboxylic acid groups (broad SMARTS) is 1. The second kappa shape index (κ2) is 8.99. The molecule has 1 N–H and O–H groups in total. The number of fused-ring (bicyclic) bond motifs is 1. The van der Waals surface area contributed by atoms with Crippen LogP contribution in [0.5, 0.6) is 5.75 Å². The van der Waals surface area contributed by atoms with Gasteiger partial charge in [-0.05, 0) is 68.7 Å². The summed E-state index contributed by atoms with van der Waals surface area (Å²) in [4.78, 5) is 15.8. The van der Waals surface area contributed by atoms with Gasteiger partial charge in [0.15, 0.2) is 0 Å². The van der Waals surface area contributed by atoms with Crippen molar-refractivity contribution in [2.75, 3.05) is 13.1 Å². The first-order chi connectivity index (χ1) is 15.7. The molecular weight excluding hydrogens is 442 g/mol. The molecule has 8 nitrogen and oxygen atoms in total. The van der Waals surface area contributed by atoms with Gasteiger partial charge in [0.2, 0.25) is 10.0 Å². The minimum absolute atomic E-state index is 0.00783. The molecule has 0 aliphatic carbocycles. The molecule has 0 saturated heterocycles. The van der Waals surface area contributed by atoms with E-state index in [4.69, 9.17) is 4.74 Å². The van der Waals surface area contributed by atoms with E-state index >= 15 is 0 Å². The average molecular weight is 470 g/mol. The highest BCUT2D eigenvalue weighted by Gasteiger charge is 2.28. The number of carboxylic acids is 1. The third kappa shape index (κ3) is 4.65. The highest BCUT2D eigenvalue weighted by atomic mass is 32.2. The Kier molecular flexibility index (Phi) is 6.27. The van der Waals surface area contributed by atoms with Crippen LogP contribution >= 0.6 is 0 Å². The molecule has 0 saturated carbocycles. The Morgan fingerprint density at radius 1 is 1.27 bits per heavy atom. The summed E-state index contributed by atoms with van der Waals surface area (Å²) in [6.45, 7) is 6.09. The normalized spacial score (nSPS) is 15.1. The molecular formula is C24H27N3O5S. The van der Waals surface area contributed by atoms with Gasteiger partial charge < -0.3 is 14.4 Å². The minimum Gasteiger partial charge on any atom is -0.491 e. The van der Waals surface area contributed by atoms with Crippen LogP contribution < -0.4 is 4.74 Å². The Morgan fingerprint density at radius 3 is 2.70 bits per heavy atom. The highest BCUT2D eigenvalue weighted by Crippen LogP contribution is 2.32. The maximum atomic E-state index is 13.2. The van der Waals surface area contributed by atoms with Crippen molar-refractivity contribution < 1.29 is 23.1 Å². The monoisotopic (exact) mass is 469 g/mol. The Bertz CT molecular complexity index is 1340. The lowest BCUT2D eigenvalue weighted by atomic mass is 10.0. The topological polar surface area (TPSA) is 102 Å². The van der Waals surface area contributed by atoms with Crippen LogP contribution in [0.2, 0.25) is 0 Å². The predicted molar refractivity (Wildman–Crippen MR) is 126 cm³/mol. The van der Waals surface area contributed by atoms with Crippen molar-refractivity contribution in [3.05, 3.63) is 59.9 Å². The lowest BCUT2D eigenvalue weighted by molar-refractivity contribution is -0.137. The molecule has 1 aliphatic rings. The van der Waals surface area contributed by atoms with E-state index in [2.05, 4.69) is 4.98 Å². The van der Waals surface area contributed by atoms with E-state index in [1.165, 1.54) is 4.31 Å². The minimum atomic E-state index is -3.65. The van der Waals surface area contributed by atoms with Gasteiger partial charge in [-0.25, -0.2) is 13.4 Å². The van der Waals surface area contributed by atoms with E-state index in [0.717, 1.165) is 22.1 Å². The summed E-state index contributed by atoms with van der Waals surface area (Å²) >= 11 is 0. The lowest BCUT2D eigenvalue weighted by Crippen LogP contribution is -2.34. The Morgan fingerprint density at radius 2 is 2.06 bits per heavy atom. The third-order valence-electron chi connectivity index (χ3n) is 5.60. The largest absolute Gasteiger partial charge is 0.491 e. The molecule has 2 aromatic heterocycles. The lowest BCUT2D eigenvalue weighted by Gasteiger charge is -2.26. The molecule has 0 radical (unpaired) electrons. The molecule has 1 aromatic carbocycles. The standard InChI is InChI=1S/C24H27N3O5S/c1-16(2)32-22-7-6-19(13-17(22)3)33(30,31)27-11-8-18(9-12-27)21-14-26(15-23(28)29)24-20(21)5-4-10-25-24/h4-8,10,13-14,16H,9,11-12,15H2,1-3H3,(H,28,29). The zero-order valence-corrected chi connectivity index (χ0v) is 19.7. The van der Waals surface area contributed by atoms with Crippen molar-refractivity contribution in [1.29, 1.82) is 0 Å². The van der Waals surface area contributed by atoms with Crippen LogP contribution in [0.3, 0.4) is 0 Å². The number of benzene rings is 1. The number of aromatic nitrogens is 2. The molecule has 9 heteroatoms. The number of hydrogen-bond acceptors (Lipinski definition) is 5. The fourth-order valence-corrected chi connectivity index (χ4v) is 5.54. The van der Waals surface area contributed by atoms with Crippen molar-refractivity contribution in [2.45, 2.75) is 44.7 Å². The van der Waals surface area contributed by atoms with Gasteiger partial charge in [0.25, 0.3) is 0 Å². The van der Waals surface area contributed by atoms with Crippen LogP contribution in [0.1, 0.15) is 31.4 Å². The summed E-state index contributed by atoms with van der Waals surface area (Å²) in [7, 11) is -3.65. The predicted octanol–water partition coefficient (Wildman–Crippen LogP) is 3.69. The first-order valence-electron chi connectivity index (χ1n) is 10.8. The quantitative estimate of drug-likeness (QED) is 0.566. The van der Waals surface area contributed by atoms with Crippen LogP contribution in [0.4, 0.5) is 0 Å². The molecule has 0 atom stereocenters. The number of rotatable bonds is 7. The third-order valence-corrected chi connectivity index (χ3v) is 7.47. The van der Waals surface area contributed by atoms with Gasteiger partial charge in [0.05, 0.1) is 11.0 Å². The molecule has 0 amide bonds. The maximum absolute atomic E-state index is 13.2. The fourth-order valence-electron chi connectivity index (χ4n) is 4.08. The molecule has 33 heavy (non-hydrogen) atoms. The number of aliphatic carboxylic acids is 1. The van der Waals surface area contributed by atoms with Crippen LogP contribution in [-0.4, -0.2) is 52.5 Å². The number of pyridine rings is 1. The average Bonchev–Trinajstić information content (AvgIpc) is 3.13. The zero-order valence-electron chi connectivity index (χ0n) is 18.9. The van der Waals surface area contributed by atoms with Crippen LogP contribution in [-0.2, 0) is 21.4 Å². The number of hydrogen-bond donors (Lipinski definition) is 1. The van der Waals surface area contributed by atoms with Gasteiger partial charge >= 0.3 is 5.97 Å². The second-order valence-corrected chi connectivity index (χ2v) is 10.3. The van der Waals surface area contributed by atoms with E-state index in [-0.39, 0.29) is 24.1 Å². The summed E-state index contributed by atoms with van der Waals surface area (Å²) in [5, 5.41) is 10.1. The van der Waals surface area contributed by atoms with Gasteiger partial charge in [0, 0.05) is 36.4 Å². The molecule has 174 valence electrons. The Labute approximate surface area is 193 Å². The van der Waals surface area contributed by atoms with Crippen molar-refractivity contribution >= 4 is 32.6 Å². The molecule has 1 aliphatic heterocycles. The van der Waals surface area contributed by atoms with Gasteiger partial charge in [-0.1, -0.05) is 6.08 Å². The number of ether oxygens (including phenoxy) is 1. The van der Waals surface area contributed by atoms with Crippen molar-refractivity contribution in [3.63, 3.8) is 0 Å². The number of nitrogens with zero attached hydrogens (tertiary/aromatic N) is 3. The summed E-state index contributed by atoms with van der Waals surface area (Å²) < 4.78 is 35.3. The smallest absolute Gasteiger partial charge is 0.323 e. The van der Waals surface area contributed by atoms with Gasteiger partial charge in [-0.3, -0.25) is 4.79 Å². The number of sulfonamides is 1. The Hall–Kier alpha value is -3.17. The van der Waals surface area contributed by atoms with Crippen LogP contribution in [0.25, 0.3) is 16.6 Å². The zero-order chi connectivity index (χ0) is 23.8. The second-order valence-electron chi connectivity index (χ2n) is 8.38. The van der Waals surface area contributed by atoms with E-state index in [0.29, 0.717) is 24.4 Å². The first-order valence-corrected chi connectivity index (χ1v) is 12.2. The van der Waals surface area contributed by atoms with Gasteiger partial charge in [0.1, 0.15) is 17.9 Å². The van der Waals surface area contributed by atoms with Crippen LogP contribution in [0.15, 0.2) is 53.7 Å². The summed E-state index contributed by atoms with van der Waals surface area (Å²) in [5.74, 6) is -0.268. The number of carbonyl (C=O) groups is 1. The van der Waals surface area contributed by atoms with Crippen molar-refractivity contribution in [2.24, 2.45) is 0 Å². The van der Waals surface area contributed by atoms with Crippen molar-refractivity contribution in [1.82, 2.24) is 13.9 Å². The molecule has 4 rings (SSSR count). The van der Waals surface area contributed by atoms with Crippen LogP contribution in [0, 0.1) is 6.92 Å². The van der Waals surface area contributed by atoms with E-state index in [1.54, 1.807) is 35.2 Å². The Balaban J connectivity index is 1.59. The molecule has 3 heterocycles. The SMILES string of the molecule is Cc1cc(S(=O)(=O)N2CC=C(c3cn(CC(=O)O)c4ncccc34)CC2)ccc1OC(C)C.